The molecule has 0 radical (unpaired) electrons. The predicted octanol–water partition coefficient (Wildman–Crippen LogP) is -0.103. The molecule has 17 heavy (non-hydrogen) atoms. The molecule has 2 atom stereocenters. The number of hydrogen-bond donors (Lipinski definition) is 3. The summed E-state index contributed by atoms with van der Waals surface area (Å²) < 4.78 is 1.65. The fourth-order valence-electron chi connectivity index (χ4n) is 1.44. The van der Waals surface area contributed by atoms with E-state index in [0.717, 1.165) is 5.69 Å². The van der Waals surface area contributed by atoms with Gasteiger partial charge in [0.1, 0.15) is 5.69 Å². The molecule has 0 aliphatic carbocycles. The summed E-state index contributed by atoms with van der Waals surface area (Å²) in [6.07, 6.45) is -1.15. The van der Waals surface area contributed by atoms with Crippen LogP contribution in [0, 0.1) is 6.92 Å². The lowest BCUT2D eigenvalue weighted by Gasteiger charge is -2.17. The molecule has 0 spiro atoms. The number of aliphatic hydroxyl groups is 1. The number of aryl methyl sites for hydroxylation is 1. The number of aliphatic hydroxyl groups excluding tert-OH is 1. The number of nitrogens with one attached hydrogen (secondary N) is 1. The third-order valence-electron chi connectivity index (χ3n) is 2.64. The topological polar surface area (TPSA) is 91.6 Å². The van der Waals surface area contributed by atoms with E-state index < -0.39 is 24.0 Å². The summed E-state index contributed by atoms with van der Waals surface area (Å²) in [5, 5.41) is 20.4. The van der Waals surface area contributed by atoms with Gasteiger partial charge in [-0.1, -0.05) is 0 Å². The van der Waals surface area contributed by atoms with Gasteiger partial charge < -0.3 is 20.1 Å². The van der Waals surface area contributed by atoms with Crippen LogP contribution in [0.15, 0.2) is 12.1 Å². The summed E-state index contributed by atoms with van der Waals surface area (Å²) in [4.78, 5) is 22.6. The second-order valence-electron chi connectivity index (χ2n) is 3.95. The maximum atomic E-state index is 11.8. The van der Waals surface area contributed by atoms with Gasteiger partial charge in [-0.2, -0.15) is 0 Å². The van der Waals surface area contributed by atoms with Gasteiger partial charge in [0, 0.05) is 12.7 Å². The van der Waals surface area contributed by atoms with E-state index >= 15 is 0 Å². The normalized spacial score (nSPS) is 14.1. The molecule has 6 heteroatoms. The summed E-state index contributed by atoms with van der Waals surface area (Å²) >= 11 is 0. The lowest BCUT2D eigenvalue weighted by Crippen LogP contribution is -2.48. The summed E-state index contributed by atoms with van der Waals surface area (Å²) in [5.74, 6) is -1.78. The highest BCUT2D eigenvalue weighted by atomic mass is 16.4. The van der Waals surface area contributed by atoms with Crippen LogP contribution in [0.3, 0.4) is 0 Å². The van der Waals surface area contributed by atoms with E-state index in [1.807, 2.05) is 6.92 Å². The molecule has 1 aromatic heterocycles. The molecule has 1 amide bonds. The largest absolute Gasteiger partial charge is 0.480 e. The third kappa shape index (κ3) is 2.85. The SMILES string of the molecule is Cc1ccc(C(=O)NC(C(=O)O)C(C)O)n1C. The lowest BCUT2D eigenvalue weighted by atomic mass is 10.2. The summed E-state index contributed by atoms with van der Waals surface area (Å²) in [6, 6.07) is 2.05. The maximum Gasteiger partial charge on any atom is 0.328 e. The Bertz CT molecular complexity index is 437. The highest BCUT2D eigenvalue weighted by molar-refractivity contribution is 5.95. The Balaban J connectivity index is 2.85. The minimum absolute atomic E-state index is 0.356. The number of carboxylic acid groups (broad SMARTS) is 1. The van der Waals surface area contributed by atoms with Crippen molar-refractivity contribution in [1.29, 1.82) is 0 Å². The molecule has 0 saturated heterocycles. The standard InChI is InChI=1S/C11H16N2O4/c1-6-4-5-8(13(6)3)10(15)12-9(7(2)14)11(16)17/h4-5,7,9,14H,1-3H3,(H,12,15)(H,16,17). The van der Waals surface area contributed by atoms with Crippen molar-refractivity contribution in [2.75, 3.05) is 0 Å². The fraction of sp³-hybridized carbons (Fsp3) is 0.455. The van der Waals surface area contributed by atoms with Crippen molar-refractivity contribution in [2.24, 2.45) is 7.05 Å². The molecule has 0 saturated carbocycles. The van der Waals surface area contributed by atoms with Crippen molar-refractivity contribution >= 4 is 11.9 Å². The first-order valence-electron chi connectivity index (χ1n) is 5.18. The minimum atomic E-state index is -1.31. The zero-order chi connectivity index (χ0) is 13.2. The Morgan fingerprint density at radius 2 is 2.00 bits per heavy atom. The van der Waals surface area contributed by atoms with Crippen LogP contribution in [-0.2, 0) is 11.8 Å². The number of aromatic nitrogens is 1. The van der Waals surface area contributed by atoms with Gasteiger partial charge in [-0.3, -0.25) is 4.79 Å². The van der Waals surface area contributed by atoms with Crippen LogP contribution in [0.2, 0.25) is 0 Å². The van der Waals surface area contributed by atoms with Crippen molar-refractivity contribution in [1.82, 2.24) is 9.88 Å². The molecule has 1 heterocycles. The number of nitrogens with zero attached hydrogens (tertiary/aromatic N) is 1. The highest BCUT2D eigenvalue weighted by Crippen LogP contribution is 2.06. The van der Waals surface area contributed by atoms with Crippen LogP contribution in [0.1, 0.15) is 23.1 Å². The van der Waals surface area contributed by atoms with Crippen molar-refractivity contribution < 1.29 is 19.8 Å². The molecule has 0 aliphatic heterocycles. The average Bonchev–Trinajstić information content (AvgIpc) is 2.55. The monoisotopic (exact) mass is 240 g/mol. The van der Waals surface area contributed by atoms with E-state index in [1.165, 1.54) is 6.92 Å². The van der Waals surface area contributed by atoms with Crippen LogP contribution < -0.4 is 5.32 Å². The first-order chi connectivity index (χ1) is 7.84. The zero-order valence-electron chi connectivity index (χ0n) is 9.97. The van der Waals surface area contributed by atoms with Gasteiger partial charge in [-0.05, 0) is 26.0 Å². The number of aliphatic carboxylic acids is 1. The van der Waals surface area contributed by atoms with Crippen molar-refractivity contribution in [3.05, 3.63) is 23.5 Å². The van der Waals surface area contributed by atoms with Crippen LogP contribution >= 0.6 is 0 Å². The number of carboxylic acids is 1. The van der Waals surface area contributed by atoms with Gasteiger partial charge in [0.2, 0.25) is 0 Å². The molecule has 1 aromatic rings. The Morgan fingerprint density at radius 1 is 1.41 bits per heavy atom. The molecule has 2 unspecified atom stereocenters. The van der Waals surface area contributed by atoms with Crippen LogP contribution in [0.4, 0.5) is 0 Å². The quantitative estimate of drug-likeness (QED) is 0.685. The zero-order valence-corrected chi connectivity index (χ0v) is 9.97. The smallest absolute Gasteiger partial charge is 0.328 e. The number of amides is 1. The molecule has 6 nitrogen and oxygen atoms in total. The molecular formula is C11H16N2O4. The molecule has 0 aliphatic rings. The Morgan fingerprint density at radius 3 is 2.35 bits per heavy atom. The average molecular weight is 240 g/mol. The third-order valence-corrected chi connectivity index (χ3v) is 2.64. The summed E-state index contributed by atoms with van der Waals surface area (Å²) in [5.41, 5.74) is 1.24. The first-order valence-corrected chi connectivity index (χ1v) is 5.18. The van der Waals surface area contributed by atoms with Crippen LogP contribution in [-0.4, -0.2) is 38.8 Å². The summed E-state index contributed by atoms with van der Waals surface area (Å²) in [7, 11) is 1.71. The van der Waals surface area contributed by atoms with E-state index in [4.69, 9.17) is 5.11 Å². The van der Waals surface area contributed by atoms with Crippen molar-refractivity contribution in [2.45, 2.75) is 26.0 Å². The molecule has 3 N–H and O–H groups in total. The van der Waals surface area contributed by atoms with E-state index in [-0.39, 0.29) is 0 Å². The molecule has 0 fully saturated rings. The Hall–Kier alpha value is -1.82. The number of hydrogen-bond acceptors (Lipinski definition) is 3. The molecular weight excluding hydrogens is 224 g/mol. The van der Waals surface area contributed by atoms with E-state index in [0.29, 0.717) is 5.69 Å². The van der Waals surface area contributed by atoms with Crippen molar-refractivity contribution in [3.8, 4) is 0 Å². The van der Waals surface area contributed by atoms with Gasteiger partial charge in [0.05, 0.1) is 6.10 Å². The van der Waals surface area contributed by atoms with Crippen LogP contribution in [0.5, 0.6) is 0 Å². The lowest BCUT2D eigenvalue weighted by molar-refractivity contribution is -0.141. The molecule has 0 aromatic carbocycles. The molecule has 94 valence electrons. The van der Waals surface area contributed by atoms with E-state index in [2.05, 4.69) is 5.32 Å². The summed E-state index contributed by atoms with van der Waals surface area (Å²) in [6.45, 7) is 3.15. The van der Waals surface area contributed by atoms with Gasteiger partial charge in [-0.25, -0.2) is 4.79 Å². The number of carbonyl (C=O) groups excluding carboxylic acids is 1. The van der Waals surface area contributed by atoms with Gasteiger partial charge >= 0.3 is 5.97 Å². The maximum absolute atomic E-state index is 11.8. The highest BCUT2D eigenvalue weighted by Gasteiger charge is 2.26. The Labute approximate surface area is 98.9 Å². The van der Waals surface area contributed by atoms with Gasteiger partial charge in [0.15, 0.2) is 6.04 Å². The first kappa shape index (κ1) is 13.2. The second-order valence-corrected chi connectivity index (χ2v) is 3.95. The van der Waals surface area contributed by atoms with Gasteiger partial charge in [-0.15, -0.1) is 0 Å². The van der Waals surface area contributed by atoms with E-state index in [9.17, 15) is 14.7 Å². The number of carbonyl (C=O) groups is 2. The fourth-order valence-corrected chi connectivity index (χ4v) is 1.44. The van der Waals surface area contributed by atoms with Gasteiger partial charge in [0.25, 0.3) is 5.91 Å². The van der Waals surface area contributed by atoms with Crippen molar-refractivity contribution in [3.63, 3.8) is 0 Å². The van der Waals surface area contributed by atoms with Crippen LogP contribution in [0.25, 0.3) is 0 Å². The Kier molecular flexibility index (Phi) is 3.90. The molecule has 1 rings (SSSR count). The number of rotatable bonds is 4. The predicted molar refractivity (Wildman–Crippen MR) is 60.7 cm³/mol. The minimum Gasteiger partial charge on any atom is -0.480 e. The molecule has 0 bridgehead atoms. The second kappa shape index (κ2) is 5.01. The van der Waals surface area contributed by atoms with E-state index in [1.54, 1.807) is 23.7 Å².